The van der Waals surface area contributed by atoms with E-state index in [4.69, 9.17) is 0 Å². The second-order valence-electron chi connectivity index (χ2n) is 7.21. The third kappa shape index (κ3) is 4.83. The number of H-pyrrole nitrogens is 1. The fraction of sp³-hybridized carbons (Fsp3) is 0.421. The summed E-state index contributed by atoms with van der Waals surface area (Å²) in [6, 6.07) is 6.53. The van der Waals surface area contributed by atoms with Gasteiger partial charge >= 0.3 is 0 Å². The summed E-state index contributed by atoms with van der Waals surface area (Å²) in [5, 5.41) is 9.30. The smallest absolute Gasteiger partial charge is 0.253 e. The zero-order valence-electron chi connectivity index (χ0n) is 16.7. The molecule has 1 aliphatic rings. The van der Waals surface area contributed by atoms with Crippen LogP contribution in [0.1, 0.15) is 41.5 Å². The highest BCUT2D eigenvalue weighted by molar-refractivity contribution is 7.89. The van der Waals surface area contributed by atoms with Gasteiger partial charge in [-0.2, -0.15) is 5.10 Å². The van der Waals surface area contributed by atoms with Crippen molar-refractivity contribution in [3.63, 3.8) is 0 Å². The summed E-state index contributed by atoms with van der Waals surface area (Å²) in [7, 11) is -3.67. The lowest BCUT2D eigenvalue weighted by Crippen LogP contribution is -2.46. The summed E-state index contributed by atoms with van der Waals surface area (Å²) >= 11 is 0. The van der Waals surface area contributed by atoms with Gasteiger partial charge in [0.15, 0.2) is 0 Å². The van der Waals surface area contributed by atoms with Crippen LogP contribution in [0.5, 0.6) is 0 Å². The molecule has 1 aromatic carbocycles. The van der Waals surface area contributed by atoms with Gasteiger partial charge in [-0.1, -0.05) is 6.07 Å². The number of hydrogen-bond donors (Lipinski definition) is 3. The van der Waals surface area contributed by atoms with Gasteiger partial charge in [0.05, 0.1) is 11.4 Å². The van der Waals surface area contributed by atoms with E-state index in [0.717, 1.165) is 0 Å². The molecule has 2 aromatic rings. The number of benzene rings is 1. The van der Waals surface area contributed by atoms with Gasteiger partial charge in [0, 0.05) is 37.3 Å². The molecule has 2 heterocycles. The lowest BCUT2D eigenvalue weighted by molar-refractivity contribution is -0.114. The predicted octanol–water partition coefficient (Wildman–Crippen LogP) is 1.57. The number of hydrogen-bond acceptors (Lipinski definition) is 5. The summed E-state index contributed by atoms with van der Waals surface area (Å²) in [4.78, 5) is 25.9. The number of aryl methyl sites for hydroxylation is 2. The van der Waals surface area contributed by atoms with Crippen molar-refractivity contribution in [2.45, 2.75) is 44.6 Å². The van der Waals surface area contributed by atoms with Gasteiger partial charge in [0.2, 0.25) is 15.9 Å². The largest absolute Gasteiger partial charge is 0.339 e. The van der Waals surface area contributed by atoms with Crippen LogP contribution < -0.4 is 10.0 Å². The van der Waals surface area contributed by atoms with Crippen molar-refractivity contribution < 1.29 is 18.0 Å². The first-order valence-electron chi connectivity index (χ1n) is 9.38. The standard InChI is InChI=1S/C19H25N5O4S/c1-12-18(13(2)22-21-12)29(27,28)23-16-7-9-24(10-8-16)19(26)15-5-4-6-17(11-15)20-14(3)25/h4-6,11,16,23H,7-10H2,1-3H3,(H,20,25)(H,21,22). The van der Waals surface area contributed by atoms with Gasteiger partial charge < -0.3 is 10.2 Å². The molecule has 1 aromatic heterocycles. The normalized spacial score (nSPS) is 15.3. The highest BCUT2D eigenvalue weighted by Crippen LogP contribution is 2.21. The molecule has 1 saturated heterocycles. The molecule has 0 aliphatic carbocycles. The van der Waals surface area contributed by atoms with Gasteiger partial charge in [0.1, 0.15) is 4.90 Å². The minimum Gasteiger partial charge on any atom is -0.339 e. The molecule has 0 saturated carbocycles. The maximum atomic E-state index is 12.8. The summed E-state index contributed by atoms with van der Waals surface area (Å²) in [5.74, 6) is -0.342. The van der Waals surface area contributed by atoms with Gasteiger partial charge in [-0.3, -0.25) is 14.7 Å². The number of rotatable bonds is 5. The van der Waals surface area contributed by atoms with Crippen molar-refractivity contribution in [1.29, 1.82) is 0 Å². The first-order chi connectivity index (χ1) is 13.7. The highest BCUT2D eigenvalue weighted by Gasteiger charge is 2.29. The van der Waals surface area contributed by atoms with Crippen LogP contribution in [-0.2, 0) is 14.8 Å². The second-order valence-corrected chi connectivity index (χ2v) is 8.86. The Balaban J connectivity index is 1.62. The van der Waals surface area contributed by atoms with Crippen molar-refractivity contribution >= 4 is 27.5 Å². The Morgan fingerprint density at radius 2 is 1.90 bits per heavy atom. The average molecular weight is 420 g/mol. The van der Waals surface area contributed by atoms with E-state index in [0.29, 0.717) is 48.6 Å². The van der Waals surface area contributed by atoms with Crippen LogP contribution in [0.25, 0.3) is 0 Å². The molecule has 0 spiro atoms. The monoisotopic (exact) mass is 419 g/mol. The molecule has 2 amide bonds. The molecule has 0 unspecified atom stereocenters. The number of aromatic nitrogens is 2. The molecule has 0 atom stereocenters. The van der Waals surface area contributed by atoms with Crippen molar-refractivity contribution in [2.75, 3.05) is 18.4 Å². The summed E-state index contributed by atoms with van der Waals surface area (Å²) < 4.78 is 28.1. The van der Waals surface area contributed by atoms with Gasteiger partial charge in [-0.15, -0.1) is 0 Å². The minimum atomic E-state index is -3.67. The third-order valence-corrected chi connectivity index (χ3v) is 6.65. The number of aromatic amines is 1. The first kappa shape index (κ1) is 21.0. The third-order valence-electron chi connectivity index (χ3n) is 4.86. The van der Waals surface area contributed by atoms with Crippen LogP contribution >= 0.6 is 0 Å². The maximum absolute atomic E-state index is 12.8. The van der Waals surface area contributed by atoms with Crippen molar-refractivity contribution in [2.24, 2.45) is 0 Å². The SMILES string of the molecule is CC(=O)Nc1cccc(C(=O)N2CCC(NS(=O)(=O)c3c(C)n[nH]c3C)CC2)c1. The number of amides is 2. The quantitative estimate of drug-likeness (QED) is 0.679. The van der Waals surface area contributed by atoms with E-state index in [9.17, 15) is 18.0 Å². The molecular formula is C19H25N5O4S. The maximum Gasteiger partial charge on any atom is 0.253 e. The van der Waals surface area contributed by atoms with Crippen molar-refractivity contribution in [1.82, 2.24) is 19.8 Å². The molecule has 3 N–H and O–H groups in total. The van der Waals surface area contributed by atoms with Crippen LogP contribution in [0.15, 0.2) is 29.2 Å². The molecule has 1 fully saturated rings. The Morgan fingerprint density at radius 1 is 1.21 bits per heavy atom. The van der Waals surface area contributed by atoms with Crippen molar-refractivity contribution in [3.8, 4) is 0 Å². The van der Waals surface area contributed by atoms with E-state index in [2.05, 4.69) is 20.2 Å². The second kappa shape index (κ2) is 8.34. The molecule has 0 bridgehead atoms. The van der Waals surface area contributed by atoms with Crippen LogP contribution in [0.4, 0.5) is 5.69 Å². The molecule has 9 nitrogen and oxygen atoms in total. The topological polar surface area (TPSA) is 124 Å². The van der Waals surface area contributed by atoms with Gasteiger partial charge in [-0.05, 0) is 44.9 Å². The Hall–Kier alpha value is -2.72. The highest BCUT2D eigenvalue weighted by atomic mass is 32.2. The number of nitrogens with zero attached hydrogens (tertiary/aromatic N) is 2. The Labute approximate surface area is 169 Å². The Kier molecular flexibility index (Phi) is 6.04. The average Bonchev–Trinajstić information content (AvgIpc) is 3.00. The molecule has 3 rings (SSSR count). The number of likely N-dealkylation sites (tertiary alicyclic amines) is 1. The lowest BCUT2D eigenvalue weighted by Gasteiger charge is -2.32. The molecule has 10 heteroatoms. The van der Waals surface area contributed by atoms with E-state index in [1.807, 2.05) is 0 Å². The number of nitrogens with one attached hydrogen (secondary N) is 3. The van der Waals surface area contributed by atoms with Crippen LogP contribution in [0, 0.1) is 13.8 Å². The van der Waals surface area contributed by atoms with Crippen LogP contribution in [0.3, 0.4) is 0 Å². The van der Waals surface area contributed by atoms with Gasteiger partial charge in [0.25, 0.3) is 5.91 Å². The number of carbonyl (C=O) groups excluding carboxylic acids is 2. The molecule has 1 aliphatic heterocycles. The van der Waals surface area contributed by atoms with E-state index in [-0.39, 0.29) is 22.8 Å². The molecule has 156 valence electrons. The zero-order valence-corrected chi connectivity index (χ0v) is 17.5. The van der Waals surface area contributed by atoms with E-state index in [1.165, 1.54) is 6.92 Å². The van der Waals surface area contributed by atoms with Gasteiger partial charge in [-0.25, -0.2) is 13.1 Å². The van der Waals surface area contributed by atoms with E-state index < -0.39 is 10.0 Å². The Morgan fingerprint density at radius 3 is 2.48 bits per heavy atom. The van der Waals surface area contributed by atoms with Crippen molar-refractivity contribution in [3.05, 3.63) is 41.2 Å². The zero-order chi connectivity index (χ0) is 21.2. The predicted molar refractivity (Wildman–Crippen MR) is 108 cm³/mol. The molecular weight excluding hydrogens is 394 g/mol. The lowest BCUT2D eigenvalue weighted by atomic mass is 10.0. The Bertz CT molecular complexity index is 1000. The number of carbonyl (C=O) groups is 2. The number of sulfonamides is 1. The fourth-order valence-corrected chi connectivity index (χ4v) is 5.21. The number of piperidine rings is 1. The molecule has 0 radical (unpaired) electrons. The fourth-order valence-electron chi connectivity index (χ4n) is 3.53. The van der Waals surface area contributed by atoms with E-state index in [1.54, 1.807) is 43.0 Å². The summed E-state index contributed by atoms with van der Waals surface area (Å²) in [6.45, 7) is 5.62. The minimum absolute atomic E-state index is 0.139. The summed E-state index contributed by atoms with van der Waals surface area (Å²) in [6.07, 6.45) is 1.04. The van der Waals surface area contributed by atoms with Crippen LogP contribution in [0.2, 0.25) is 0 Å². The van der Waals surface area contributed by atoms with E-state index >= 15 is 0 Å². The first-order valence-corrected chi connectivity index (χ1v) is 10.9. The number of anilines is 1. The summed E-state index contributed by atoms with van der Waals surface area (Å²) in [5.41, 5.74) is 1.99. The van der Waals surface area contributed by atoms with Crippen LogP contribution in [-0.4, -0.2) is 54.5 Å². The molecule has 29 heavy (non-hydrogen) atoms.